The maximum Gasteiger partial charge on any atom is 0.227 e. The molecule has 1 amide bonds. The maximum atomic E-state index is 12.7. The van der Waals surface area contributed by atoms with Crippen LogP contribution in [0.4, 0.5) is 0 Å². The largest absolute Gasteiger partial charge is 0.492 e. The molecule has 0 aromatic heterocycles. The Morgan fingerprint density at radius 1 is 1.24 bits per heavy atom. The maximum absolute atomic E-state index is 12.7. The first kappa shape index (κ1) is 18.2. The quantitative estimate of drug-likeness (QED) is 0.820. The molecule has 5 heteroatoms. The molecule has 1 atom stereocenters. The second-order valence-electron chi connectivity index (χ2n) is 7.19. The van der Waals surface area contributed by atoms with Crippen molar-refractivity contribution in [3.05, 3.63) is 29.3 Å². The first-order chi connectivity index (χ1) is 12.1. The standard InChI is InChI=1S/C20H30N2O3/c1-16-5-6-17(2)19(14-16)25-13-8-21-7-3-4-18(15-21)20(23)22-9-11-24-12-10-22/h5-6,14,18H,3-4,7-13,15H2,1-2H3. The molecule has 0 radical (unpaired) electrons. The highest BCUT2D eigenvalue weighted by Gasteiger charge is 2.29. The lowest BCUT2D eigenvalue weighted by Gasteiger charge is -2.36. The fourth-order valence-electron chi connectivity index (χ4n) is 3.65. The summed E-state index contributed by atoms with van der Waals surface area (Å²) in [7, 11) is 0. The molecule has 1 unspecified atom stereocenters. The Bertz CT molecular complexity index is 584. The summed E-state index contributed by atoms with van der Waals surface area (Å²) in [4.78, 5) is 17.0. The van der Waals surface area contributed by atoms with Gasteiger partial charge in [0.1, 0.15) is 12.4 Å². The van der Waals surface area contributed by atoms with Gasteiger partial charge in [0.05, 0.1) is 19.1 Å². The third-order valence-corrected chi connectivity index (χ3v) is 5.19. The van der Waals surface area contributed by atoms with E-state index in [4.69, 9.17) is 9.47 Å². The van der Waals surface area contributed by atoms with E-state index in [9.17, 15) is 4.79 Å². The Morgan fingerprint density at radius 3 is 2.84 bits per heavy atom. The molecule has 2 fully saturated rings. The molecule has 2 aliphatic heterocycles. The molecule has 2 aliphatic rings. The van der Waals surface area contributed by atoms with Crippen LogP contribution in [0.3, 0.4) is 0 Å². The van der Waals surface area contributed by atoms with Crippen LogP contribution in [0.25, 0.3) is 0 Å². The Labute approximate surface area is 150 Å². The lowest BCUT2D eigenvalue weighted by molar-refractivity contribution is -0.141. The number of piperidine rings is 1. The number of carbonyl (C=O) groups excluding carboxylic acids is 1. The summed E-state index contributed by atoms with van der Waals surface area (Å²) in [5.74, 6) is 1.41. The molecular formula is C20H30N2O3. The van der Waals surface area contributed by atoms with Crippen molar-refractivity contribution < 1.29 is 14.3 Å². The molecule has 1 aromatic carbocycles. The monoisotopic (exact) mass is 346 g/mol. The second kappa shape index (κ2) is 8.68. The van der Waals surface area contributed by atoms with Crippen LogP contribution in [0.5, 0.6) is 5.75 Å². The topological polar surface area (TPSA) is 42.0 Å². The lowest BCUT2D eigenvalue weighted by Crippen LogP contribution is -2.48. The molecular weight excluding hydrogens is 316 g/mol. The van der Waals surface area contributed by atoms with Gasteiger partial charge in [0, 0.05) is 26.2 Å². The minimum absolute atomic E-state index is 0.132. The van der Waals surface area contributed by atoms with Crippen LogP contribution in [0.2, 0.25) is 0 Å². The minimum atomic E-state index is 0.132. The normalized spacial score (nSPS) is 22.0. The average molecular weight is 346 g/mol. The van der Waals surface area contributed by atoms with Crippen LogP contribution in [0, 0.1) is 19.8 Å². The number of nitrogens with zero attached hydrogens (tertiary/aromatic N) is 2. The molecule has 0 N–H and O–H groups in total. The molecule has 0 spiro atoms. The van der Waals surface area contributed by atoms with Gasteiger partial charge in [0.25, 0.3) is 0 Å². The van der Waals surface area contributed by atoms with Crippen LogP contribution >= 0.6 is 0 Å². The number of carbonyl (C=O) groups is 1. The number of rotatable bonds is 5. The Kier molecular flexibility index (Phi) is 6.32. The van der Waals surface area contributed by atoms with Gasteiger partial charge in [0.2, 0.25) is 5.91 Å². The van der Waals surface area contributed by atoms with Gasteiger partial charge in [-0.15, -0.1) is 0 Å². The van der Waals surface area contributed by atoms with E-state index < -0.39 is 0 Å². The highest BCUT2D eigenvalue weighted by molar-refractivity contribution is 5.79. The van der Waals surface area contributed by atoms with Crippen LogP contribution in [0.15, 0.2) is 18.2 Å². The summed E-state index contributed by atoms with van der Waals surface area (Å²) in [5, 5.41) is 0. The third kappa shape index (κ3) is 4.95. The van der Waals surface area contributed by atoms with Gasteiger partial charge in [-0.25, -0.2) is 0 Å². The van der Waals surface area contributed by atoms with E-state index in [1.807, 2.05) is 4.90 Å². The van der Waals surface area contributed by atoms with Gasteiger partial charge >= 0.3 is 0 Å². The number of benzene rings is 1. The smallest absolute Gasteiger partial charge is 0.227 e. The van der Waals surface area contributed by atoms with Crippen LogP contribution in [-0.4, -0.2) is 68.3 Å². The van der Waals surface area contributed by atoms with E-state index in [2.05, 4.69) is 36.9 Å². The first-order valence-corrected chi connectivity index (χ1v) is 9.42. The lowest BCUT2D eigenvalue weighted by atomic mass is 9.96. The molecule has 0 saturated carbocycles. The summed E-state index contributed by atoms with van der Waals surface area (Å²) in [6.07, 6.45) is 2.09. The van der Waals surface area contributed by atoms with Crippen molar-refractivity contribution in [1.82, 2.24) is 9.80 Å². The zero-order valence-corrected chi connectivity index (χ0v) is 15.5. The van der Waals surface area contributed by atoms with Gasteiger partial charge in [-0.2, -0.15) is 0 Å². The van der Waals surface area contributed by atoms with Crippen molar-refractivity contribution in [3.63, 3.8) is 0 Å². The van der Waals surface area contributed by atoms with Crippen molar-refractivity contribution >= 4 is 5.91 Å². The summed E-state index contributed by atoms with van der Waals surface area (Å²) < 4.78 is 11.3. The zero-order valence-electron chi connectivity index (χ0n) is 15.5. The first-order valence-electron chi connectivity index (χ1n) is 9.42. The van der Waals surface area contributed by atoms with Gasteiger partial charge < -0.3 is 14.4 Å². The van der Waals surface area contributed by atoms with Crippen molar-refractivity contribution in [2.45, 2.75) is 26.7 Å². The van der Waals surface area contributed by atoms with E-state index in [-0.39, 0.29) is 5.92 Å². The molecule has 3 rings (SSSR count). The second-order valence-corrected chi connectivity index (χ2v) is 7.19. The van der Waals surface area contributed by atoms with Crippen molar-refractivity contribution in [1.29, 1.82) is 0 Å². The molecule has 2 heterocycles. The van der Waals surface area contributed by atoms with Gasteiger partial charge in [-0.3, -0.25) is 9.69 Å². The Morgan fingerprint density at radius 2 is 2.04 bits per heavy atom. The predicted molar refractivity (Wildman–Crippen MR) is 98.0 cm³/mol. The molecule has 5 nitrogen and oxygen atoms in total. The Balaban J connectivity index is 1.46. The number of ether oxygens (including phenoxy) is 2. The number of amides is 1. The number of likely N-dealkylation sites (tertiary alicyclic amines) is 1. The fourth-order valence-corrected chi connectivity index (χ4v) is 3.65. The summed E-state index contributed by atoms with van der Waals surface area (Å²) in [6, 6.07) is 6.30. The predicted octanol–water partition coefficient (Wildman–Crippen LogP) is 2.25. The minimum Gasteiger partial charge on any atom is -0.492 e. The SMILES string of the molecule is Cc1ccc(C)c(OCCN2CCCC(C(=O)N3CCOCC3)C2)c1. The Hall–Kier alpha value is -1.59. The number of hydrogen-bond acceptors (Lipinski definition) is 4. The fraction of sp³-hybridized carbons (Fsp3) is 0.650. The van der Waals surface area contributed by atoms with E-state index >= 15 is 0 Å². The van der Waals surface area contributed by atoms with Gasteiger partial charge in [-0.05, 0) is 50.4 Å². The van der Waals surface area contributed by atoms with Crippen molar-refractivity contribution in [3.8, 4) is 5.75 Å². The number of morpholine rings is 1. The highest BCUT2D eigenvalue weighted by atomic mass is 16.5. The molecule has 0 aliphatic carbocycles. The third-order valence-electron chi connectivity index (χ3n) is 5.19. The van der Waals surface area contributed by atoms with Gasteiger partial charge in [0.15, 0.2) is 0 Å². The van der Waals surface area contributed by atoms with Crippen LogP contribution in [0.1, 0.15) is 24.0 Å². The molecule has 25 heavy (non-hydrogen) atoms. The molecule has 0 bridgehead atoms. The van der Waals surface area contributed by atoms with E-state index in [1.165, 1.54) is 11.1 Å². The number of hydrogen-bond donors (Lipinski definition) is 0. The molecule has 2 saturated heterocycles. The van der Waals surface area contributed by atoms with Crippen LogP contribution in [-0.2, 0) is 9.53 Å². The summed E-state index contributed by atoms with van der Waals surface area (Å²) in [5.41, 5.74) is 2.39. The highest BCUT2D eigenvalue weighted by Crippen LogP contribution is 2.21. The van der Waals surface area contributed by atoms with E-state index in [0.29, 0.717) is 25.7 Å². The average Bonchev–Trinajstić information content (AvgIpc) is 2.65. The molecule has 138 valence electrons. The van der Waals surface area contributed by atoms with E-state index in [1.54, 1.807) is 0 Å². The van der Waals surface area contributed by atoms with Crippen molar-refractivity contribution in [2.75, 3.05) is 52.5 Å². The number of aryl methyl sites for hydroxylation is 2. The van der Waals surface area contributed by atoms with Crippen LogP contribution < -0.4 is 4.74 Å². The molecule has 1 aromatic rings. The zero-order chi connectivity index (χ0) is 17.6. The summed E-state index contributed by atoms with van der Waals surface area (Å²) in [6.45, 7) is 10.4. The van der Waals surface area contributed by atoms with Crippen molar-refractivity contribution in [2.24, 2.45) is 5.92 Å². The summed E-state index contributed by atoms with van der Waals surface area (Å²) >= 11 is 0. The van der Waals surface area contributed by atoms with Gasteiger partial charge in [-0.1, -0.05) is 12.1 Å². The van der Waals surface area contributed by atoms with E-state index in [0.717, 1.165) is 51.3 Å².